The van der Waals surface area contributed by atoms with Gasteiger partial charge in [-0.1, -0.05) is 185 Å². The maximum absolute atomic E-state index is 7.08. The molecule has 0 radical (unpaired) electrons. The summed E-state index contributed by atoms with van der Waals surface area (Å²) in [7, 11) is 2.22. The fourth-order valence-electron chi connectivity index (χ4n) is 12.3. The van der Waals surface area contributed by atoms with Crippen LogP contribution in [0.4, 0.5) is 0 Å². The Labute approximate surface area is 451 Å². The van der Waals surface area contributed by atoms with E-state index in [0.717, 1.165) is 89.0 Å². The van der Waals surface area contributed by atoms with Gasteiger partial charge in [0.2, 0.25) is 0 Å². The highest BCUT2D eigenvalue weighted by Gasteiger charge is 2.29. The van der Waals surface area contributed by atoms with Crippen molar-refractivity contribution in [3.05, 3.63) is 255 Å². The second kappa shape index (κ2) is 17.5. The van der Waals surface area contributed by atoms with E-state index in [-0.39, 0.29) is 5.41 Å². The topological polar surface area (TPSA) is 45.7 Å². The van der Waals surface area contributed by atoms with Gasteiger partial charge in [-0.3, -0.25) is 13.7 Å². The molecule has 372 valence electrons. The van der Waals surface area contributed by atoms with Crippen LogP contribution in [0.3, 0.4) is 0 Å². The summed E-state index contributed by atoms with van der Waals surface area (Å²) < 4.78 is 18.7. The lowest BCUT2D eigenvalue weighted by Crippen LogP contribution is -2.29. The predicted molar refractivity (Wildman–Crippen MR) is 320 cm³/mol. The molecular weight excluding hydrogens is 953 g/mol. The number of ether oxygens (including phenoxy) is 1. The highest BCUT2D eigenvalue weighted by Crippen LogP contribution is 2.50. The lowest BCUT2D eigenvalue weighted by atomic mass is 9.88. The second-order valence-corrected chi connectivity index (χ2v) is 21.4. The molecule has 0 bridgehead atoms. The molecule has 0 atom stereocenters. The van der Waals surface area contributed by atoms with Crippen LogP contribution in [0.15, 0.2) is 243 Å². The third-order valence-electron chi connectivity index (χ3n) is 15.8. The van der Waals surface area contributed by atoms with Gasteiger partial charge in [0.05, 0.1) is 50.0 Å². The highest BCUT2D eigenvalue weighted by molar-refractivity contribution is 6.40. The molecule has 78 heavy (non-hydrogen) atoms. The zero-order valence-electron chi connectivity index (χ0n) is 43.7. The van der Waals surface area contributed by atoms with Crippen LogP contribution in [-0.2, 0) is 12.5 Å². The van der Waals surface area contributed by atoms with Crippen molar-refractivity contribution in [2.24, 2.45) is 7.05 Å². The van der Waals surface area contributed by atoms with Crippen LogP contribution in [0.2, 0.25) is 0 Å². The maximum atomic E-state index is 7.08. The van der Waals surface area contributed by atoms with Crippen molar-refractivity contribution in [1.82, 2.24) is 23.3 Å². The van der Waals surface area contributed by atoms with Gasteiger partial charge in [-0.15, -0.1) is 0 Å². The second-order valence-electron chi connectivity index (χ2n) is 21.4. The molecule has 15 aromatic rings. The van der Waals surface area contributed by atoms with Crippen molar-refractivity contribution in [2.45, 2.75) is 26.2 Å². The largest absolute Gasteiger partial charge is 0.458 e. The molecular formula is C71H52N6O. The van der Waals surface area contributed by atoms with Crippen molar-refractivity contribution >= 4 is 76.5 Å². The van der Waals surface area contributed by atoms with E-state index in [1.54, 1.807) is 0 Å². The van der Waals surface area contributed by atoms with Crippen LogP contribution in [0.1, 0.15) is 26.3 Å². The summed E-state index contributed by atoms with van der Waals surface area (Å²) in [6.07, 6.45) is 5.81. The van der Waals surface area contributed by atoms with Crippen molar-refractivity contribution < 1.29 is 9.30 Å². The summed E-state index contributed by atoms with van der Waals surface area (Å²) >= 11 is 0. The monoisotopic (exact) mass is 1000 g/mol. The molecule has 0 unspecified atom stereocenters. The number of aryl methyl sites for hydroxylation is 1. The van der Waals surface area contributed by atoms with E-state index in [9.17, 15) is 0 Å². The summed E-state index contributed by atoms with van der Waals surface area (Å²) in [4.78, 5) is 5.25. The van der Waals surface area contributed by atoms with Crippen LogP contribution in [0, 0.1) is 6.33 Å². The molecule has 10 aromatic carbocycles. The first kappa shape index (κ1) is 45.4. The molecule has 15 rings (SSSR count). The zero-order chi connectivity index (χ0) is 52.2. The fourth-order valence-corrected chi connectivity index (χ4v) is 12.3. The van der Waals surface area contributed by atoms with E-state index in [0.29, 0.717) is 11.5 Å². The average molecular weight is 1010 g/mol. The van der Waals surface area contributed by atoms with Gasteiger partial charge in [0.15, 0.2) is 0 Å². The van der Waals surface area contributed by atoms with Crippen LogP contribution >= 0.6 is 0 Å². The first-order valence-electron chi connectivity index (χ1n) is 26.7. The SMILES string of the molecule is Cn1c2ccccc2c2c3c4ccccc4n(-c4ccccc4)c3c3c(c4ccc(Oc5cccc(-[n+]6[c-]n(-c7c(-c8ccccc8)cccc7-c7ccccc7)c7ccccc76)c5)cc4n3-c3cc(C(C)(C)C)ccn3)c21. The summed E-state index contributed by atoms with van der Waals surface area (Å²) in [5.74, 6) is 2.26. The third kappa shape index (κ3) is 6.98. The number of hydrogen-bond donors (Lipinski definition) is 0. The molecule has 5 aromatic heterocycles. The number of benzene rings is 10. The number of aromatic nitrogens is 6. The Kier molecular flexibility index (Phi) is 10.2. The van der Waals surface area contributed by atoms with Gasteiger partial charge in [0.1, 0.15) is 17.3 Å². The Morgan fingerprint density at radius 1 is 0.462 bits per heavy atom. The van der Waals surface area contributed by atoms with E-state index in [1.807, 2.05) is 12.3 Å². The molecule has 0 N–H and O–H groups in total. The summed E-state index contributed by atoms with van der Waals surface area (Å²) in [6, 6.07) is 84.2. The van der Waals surface area contributed by atoms with E-state index in [4.69, 9.17) is 9.72 Å². The summed E-state index contributed by atoms with van der Waals surface area (Å²) in [5.41, 5.74) is 17.5. The molecule has 7 heteroatoms. The predicted octanol–water partition coefficient (Wildman–Crippen LogP) is 17.4. The van der Waals surface area contributed by atoms with Crippen molar-refractivity contribution in [2.75, 3.05) is 0 Å². The number of fused-ring (bicyclic) bond motifs is 13. The molecule has 0 spiro atoms. The fraction of sp³-hybridized carbons (Fsp3) is 0.0704. The molecule has 0 fully saturated rings. The minimum absolute atomic E-state index is 0.121. The Morgan fingerprint density at radius 3 is 1.76 bits per heavy atom. The average Bonchev–Trinajstić information content (AvgIpc) is 2.54. The third-order valence-corrected chi connectivity index (χ3v) is 15.8. The minimum Gasteiger partial charge on any atom is -0.458 e. The Bertz CT molecular complexity index is 4800. The van der Waals surface area contributed by atoms with Gasteiger partial charge in [-0.05, 0) is 100.0 Å². The molecule has 0 saturated carbocycles. The maximum Gasteiger partial charge on any atom is 0.269 e. The summed E-state index contributed by atoms with van der Waals surface area (Å²) in [5, 5.41) is 7.16. The first-order valence-corrected chi connectivity index (χ1v) is 26.7. The Morgan fingerprint density at radius 2 is 1.04 bits per heavy atom. The van der Waals surface area contributed by atoms with Crippen molar-refractivity contribution in [3.8, 4) is 56.6 Å². The van der Waals surface area contributed by atoms with E-state index in [1.165, 1.54) is 38.1 Å². The van der Waals surface area contributed by atoms with Gasteiger partial charge in [-0.25, -0.2) is 4.98 Å². The van der Waals surface area contributed by atoms with Crippen molar-refractivity contribution in [3.63, 3.8) is 0 Å². The zero-order valence-corrected chi connectivity index (χ0v) is 43.7. The van der Waals surface area contributed by atoms with Crippen LogP contribution in [-0.4, -0.2) is 23.3 Å². The van der Waals surface area contributed by atoms with E-state index >= 15 is 0 Å². The number of hydrogen-bond acceptors (Lipinski definition) is 2. The quantitative estimate of drug-likeness (QED) is 0.112. The Hall–Kier alpha value is -9.98. The van der Waals surface area contributed by atoms with Crippen LogP contribution in [0.5, 0.6) is 11.5 Å². The van der Waals surface area contributed by atoms with Gasteiger partial charge in [0, 0.05) is 62.8 Å². The number of para-hydroxylation sites is 6. The molecule has 0 amide bonds. The smallest absolute Gasteiger partial charge is 0.269 e. The number of rotatable bonds is 8. The van der Waals surface area contributed by atoms with Crippen LogP contribution in [0.25, 0.3) is 122 Å². The summed E-state index contributed by atoms with van der Waals surface area (Å²) in [6.45, 7) is 6.80. The first-order chi connectivity index (χ1) is 38.3. The number of pyridine rings is 1. The lowest BCUT2D eigenvalue weighted by molar-refractivity contribution is -0.572. The van der Waals surface area contributed by atoms with E-state index < -0.39 is 0 Å². The van der Waals surface area contributed by atoms with Crippen molar-refractivity contribution in [1.29, 1.82) is 0 Å². The number of nitrogens with zero attached hydrogens (tertiary/aromatic N) is 6. The highest BCUT2D eigenvalue weighted by atomic mass is 16.5. The molecule has 0 aliphatic heterocycles. The minimum atomic E-state index is -0.121. The van der Waals surface area contributed by atoms with Gasteiger partial charge in [0.25, 0.3) is 6.33 Å². The molecule has 0 aliphatic carbocycles. The van der Waals surface area contributed by atoms with E-state index in [2.05, 4.69) is 288 Å². The standard InChI is InChI=1S/C71H52N6O/c1-71(2,3)48-40-41-72-63(42-48)77-62-44-52(38-39-57(62)66-68-64(55-30-14-16-34-58(55)73(68)4)65-56-31-15-17-35-59(56)76(69(65)70(66)77)49-26-12-7-13-27-49)78-51-29-20-28-50(43-51)74-45-75(61-37-19-18-36-60(61)74)67-53(46-22-8-5-9-23-46)32-21-33-54(67)47-24-10-6-11-25-47/h5-44H,1-4H3. The normalized spacial score (nSPS) is 12.1. The Balaban J connectivity index is 0.960. The number of imidazole rings is 1. The molecule has 0 saturated heterocycles. The van der Waals surface area contributed by atoms with Gasteiger partial charge < -0.3 is 13.9 Å². The van der Waals surface area contributed by atoms with Gasteiger partial charge >= 0.3 is 0 Å². The van der Waals surface area contributed by atoms with Gasteiger partial charge in [-0.2, -0.15) is 0 Å². The molecule has 0 aliphatic rings. The molecule has 7 nitrogen and oxygen atoms in total. The lowest BCUT2D eigenvalue weighted by Gasteiger charge is -2.20. The van der Waals surface area contributed by atoms with Crippen LogP contribution < -0.4 is 9.30 Å². The molecule has 5 heterocycles.